The highest BCUT2D eigenvalue weighted by atomic mass is 35.5. The Morgan fingerprint density at radius 3 is 2.71 bits per heavy atom. The molecular formula is C27H31ClN6O. The molecule has 1 aromatic heterocycles. The maximum absolute atomic E-state index is 13.1. The second-order valence-electron chi connectivity index (χ2n) is 8.53. The number of hydrogen-bond donors (Lipinski definition) is 2. The lowest BCUT2D eigenvalue weighted by molar-refractivity contribution is 0.0783. The van der Waals surface area contributed by atoms with Gasteiger partial charge >= 0.3 is 0 Å². The van der Waals surface area contributed by atoms with E-state index >= 15 is 0 Å². The van der Waals surface area contributed by atoms with Gasteiger partial charge in [-0.2, -0.15) is 0 Å². The van der Waals surface area contributed by atoms with Crippen molar-refractivity contribution in [2.24, 2.45) is 11.5 Å². The first-order valence-corrected chi connectivity index (χ1v) is 11.8. The molecule has 0 bridgehead atoms. The van der Waals surface area contributed by atoms with Gasteiger partial charge in [0.1, 0.15) is 6.33 Å². The molecular weight excluding hydrogens is 460 g/mol. The van der Waals surface area contributed by atoms with Crippen LogP contribution in [0.25, 0.3) is 11.3 Å². The van der Waals surface area contributed by atoms with Crippen molar-refractivity contribution in [2.75, 3.05) is 27.2 Å². The third-order valence-corrected chi connectivity index (χ3v) is 6.22. The van der Waals surface area contributed by atoms with Crippen LogP contribution >= 0.6 is 11.6 Å². The quantitative estimate of drug-likeness (QED) is 0.475. The van der Waals surface area contributed by atoms with Crippen molar-refractivity contribution < 1.29 is 4.79 Å². The van der Waals surface area contributed by atoms with Gasteiger partial charge in [0.15, 0.2) is 0 Å². The first kappa shape index (κ1) is 26.0. The van der Waals surface area contributed by atoms with Crippen molar-refractivity contribution >= 4 is 17.5 Å². The normalized spacial score (nSPS) is 16.0. The van der Waals surface area contributed by atoms with E-state index < -0.39 is 0 Å². The van der Waals surface area contributed by atoms with Gasteiger partial charge in [0, 0.05) is 42.2 Å². The van der Waals surface area contributed by atoms with Crippen LogP contribution in [0.3, 0.4) is 0 Å². The van der Waals surface area contributed by atoms with E-state index in [4.69, 9.17) is 23.1 Å². The van der Waals surface area contributed by atoms with Gasteiger partial charge < -0.3 is 21.3 Å². The molecule has 1 aliphatic heterocycles. The molecule has 7 nitrogen and oxygen atoms in total. The Morgan fingerprint density at radius 2 is 2.11 bits per heavy atom. The summed E-state index contributed by atoms with van der Waals surface area (Å²) in [6.07, 6.45) is 7.86. The number of benzene rings is 1. The lowest BCUT2D eigenvalue weighted by Gasteiger charge is -2.21. The zero-order valence-corrected chi connectivity index (χ0v) is 21.1. The Bertz CT molecular complexity index is 1240. The standard InChI is InChI=1S/C27H31ClN6O/c1-5-25-23(10-8-19(15-29)7-6-18(2)30)26(32-17-31-25)20-9-11-22(24(28)14-20)27(35)34-13-12-21(16-34)33(3)4/h6-7,9,11,14-15,17,21H,2,5,12-13,16,29-30H2,1,3-4H3/b7-6-,19-15+. The summed E-state index contributed by atoms with van der Waals surface area (Å²) in [5, 5.41) is 0.378. The van der Waals surface area contributed by atoms with Gasteiger partial charge in [0.25, 0.3) is 5.91 Å². The number of aromatic nitrogens is 2. The van der Waals surface area contributed by atoms with E-state index in [1.807, 2.05) is 32.0 Å². The molecule has 1 amide bonds. The molecule has 2 heterocycles. The molecule has 3 rings (SSSR count). The van der Waals surface area contributed by atoms with Gasteiger partial charge in [0.2, 0.25) is 0 Å². The highest BCUT2D eigenvalue weighted by Gasteiger charge is 2.29. The highest BCUT2D eigenvalue weighted by Crippen LogP contribution is 2.29. The molecule has 0 aliphatic carbocycles. The molecule has 35 heavy (non-hydrogen) atoms. The number of allylic oxidation sites excluding steroid dienone is 3. The van der Waals surface area contributed by atoms with Crippen molar-refractivity contribution in [3.05, 3.63) is 82.6 Å². The number of likely N-dealkylation sites (N-methyl/N-ethyl adjacent to an activating group) is 1. The van der Waals surface area contributed by atoms with E-state index in [0.717, 1.165) is 17.7 Å². The van der Waals surface area contributed by atoms with Crippen LogP contribution < -0.4 is 11.5 Å². The van der Waals surface area contributed by atoms with Crippen molar-refractivity contribution in [1.29, 1.82) is 0 Å². The van der Waals surface area contributed by atoms with Crippen molar-refractivity contribution in [3.8, 4) is 23.1 Å². The fourth-order valence-corrected chi connectivity index (χ4v) is 4.13. The molecule has 1 aliphatic rings. The van der Waals surface area contributed by atoms with Crippen LogP contribution in [-0.2, 0) is 6.42 Å². The molecule has 0 radical (unpaired) electrons. The predicted molar refractivity (Wildman–Crippen MR) is 141 cm³/mol. The smallest absolute Gasteiger partial charge is 0.255 e. The number of amides is 1. The van der Waals surface area contributed by atoms with Crippen molar-refractivity contribution in [1.82, 2.24) is 19.8 Å². The SMILES string of the molecule is C=C(N)/C=C\C(C#Cc1c(CC)ncnc1-c1ccc(C(=O)N2CCC(N(C)C)C2)c(Cl)c1)=C/N. The van der Waals surface area contributed by atoms with Gasteiger partial charge in [-0.1, -0.05) is 43.0 Å². The van der Waals surface area contributed by atoms with E-state index in [0.29, 0.717) is 58.7 Å². The van der Waals surface area contributed by atoms with E-state index in [1.165, 1.54) is 12.5 Å². The Balaban J connectivity index is 1.95. The molecule has 0 saturated carbocycles. The van der Waals surface area contributed by atoms with Crippen LogP contribution in [0.5, 0.6) is 0 Å². The van der Waals surface area contributed by atoms with Gasteiger partial charge in [-0.25, -0.2) is 9.97 Å². The summed E-state index contributed by atoms with van der Waals surface area (Å²) in [7, 11) is 4.06. The van der Waals surface area contributed by atoms with E-state index in [9.17, 15) is 4.79 Å². The first-order chi connectivity index (χ1) is 16.7. The van der Waals surface area contributed by atoms with Crippen LogP contribution in [-0.4, -0.2) is 58.9 Å². The molecule has 1 fully saturated rings. The lowest BCUT2D eigenvalue weighted by atomic mass is 10.0. The number of rotatable bonds is 6. The highest BCUT2D eigenvalue weighted by molar-refractivity contribution is 6.34. The molecule has 0 spiro atoms. The monoisotopic (exact) mass is 490 g/mol. The zero-order valence-electron chi connectivity index (χ0n) is 20.4. The lowest BCUT2D eigenvalue weighted by Crippen LogP contribution is -2.34. The van der Waals surface area contributed by atoms with Gasteiger partial charge in [0.05, 0.1) is 27.5 Å². The van der Waals surface area contributed by atoms with Crippen LogP contribution in [0.1, 0.15) is 35.0 Å². The van der Waals surface area contributed by atoms with Crippen LogP contribution in [0.4, 0.5) is 0 Å². The van der Waals surface area contributed by atoms with E-state index in [-0.39, 0.29) is 5.91 Å². The molecule has 182 valence electrons. The molecule has 4 N–H and O–H groups in total. The maximum atomic E-state index is 13.1. The Kier molecular flexibility index (Phi) is 8.69. The summed E-state index contributed by atoms with van der Waals surface area (Å²) in [6, 6.07) is 5.73. The first-order valence-electron chi connectivity index (χ1n) is 11.4. The number of halogens is 1. The average Bonchev–Trinajstić information content (AvgIpc) is 3.34. The van der Waals surface area contributed by atoms with E-state index in [2.05, 4.69) is 33.3 Å². The number of nitrogens with two attached hydrogens (primary N) is 2. The summed E-state index contributed by atoms with van der Waals surface area (Å²) in [6.45, 7) is 7.05. The van der Waals surface area contributed by atoms with Crippen LogP contribution in [0.15, 0.2) is 60.7 Å². The Morgan fingerprint density at radius 1 is 1.34 bits per heavy atom. The molecule has 1 saturated heterocycles. The van der Waals surface area contributed by atoms with Crippen LogP contribution in [0.2, 0.25) is 5.02 Å². The van der Waals surface area contributed by atoms with Gasteiger partial charge in [-0.15, -0.1) is 0 Å². The zero-order chi connectivity index (χ0) is 25.5. The molecule has 8 heteroatoms. The summed E-state index contributed by atoms with van der Waals surface area (Å²) in [4.78, 5) is 26.0. The summed E-state index contributed by atoms with van der Waals surface area (Å²) >= 11 is 6.61. The summed E-state index contributed by atoms with van der Waals surface area (Å²) in [5.41, 5.74) is 15.6. The number of likely N-dealkylation sites (tertiary alicyclic amines) is 1. The second kappa shape index (κ2) is 11.7. The fourth-order valence-electron chi connectivity index (χ4n) is 3.86. The average molecular weight is 491 g/mol. The predicted octanol–water partition coefficient (Wildman–Crippen LogP) is 3.36. The minimum absolute atomic E-state index is 0.0612. The summed E-state index contributed by atoms with van der Waals surface area (Å²) in [5.74, 6) is 6.14. The van der Waals surface area contributed by atoms with Crippen molar-refractivity contribution in [3.63, 3.8) is 0 Å². The van der Waals surface area contributed by atoms with Crippen LogP contribution in [0, 0.1) is 11.8 Å². The Labute approximate surface area is 212 Å². The number of aryl methyl sites for hydroxylation is 1. The Hall–Kier alpha value is -3.60. The molecule has 2 aromatic rings. The fraction of sp³-hybridized carbons (Fsp3) is 0.296. The van der Waals surface area contributed by atoms with E-state index in [1.54, 1.807) is 24.3 Å². The number of carbonyl (C=O) groups is 1. The number of hydrogen-bond acceptors (Lipinski definition) is 6. The summed E-state index contributed by atoms with van der Waals surface area (Å²) < 4.78 is 0. The minimum Gasteiger partial charge on any atom is -0.404 e. The molecule has 1 unspecified atom stereocenters. The third kappa shape index (κ3) is 6.30. The minimum atomic E-state index is -0.0612. The number of carbonyl (C=O) groups excluding carboxylic acids is 1. The third-order valence-electron chi connectivity index (χ3n) is 5.90. The molecule has 1 aromatic carbocycles. The largest absolute Gasteiger partial charge is 0.404 e. The second-order valence-corrected chi connectivity index (χ2v) is 8.94. The van der Waals surface area contributed by atoms with Gasteiger partial charge in [-0.05, 0) is 51.2 Å². The van der Waals surface area contributed by atoms with Crippen molar-refractivity contribution in [2.45, 2.75) is 25.8 Å². The maximum Gasteiger partial charge on any atom is 0.255 e. The molecule has 1 atom stereocenters. The van der Waals surface area contributed by atoms with Gasteiger partial charge in [-0.3, -0.25) is 4.79 Å². The topological polar surface area (TPSA) is 101 Å². The number of nitrogens with zero attached hydrogens (tertiary/aromatic N) is 4.